The Hall–Kier alpha value is -0.950. The Kier molecular flexibility index (Phi) is 2.94. The van der Waals surface area contributed by atoms with Gasteiger partial charge in [0.1, 0.15) is 5.60 Å². The van der Waals surface area contributed by atoms with Gasteiger partial charge in [-0.2, -0.15) is 9.79 Å². The number of hydrogen-bond donors (Lipinski definition) is 1. The van der Waals surface area contributed by atoms with Crippen molar-refractivity contribution in [3.05, 3.63) is 29.8 Å². The molecule has 6 heteroatoms. The fourth-order valence-corrected chi connectivity index (χ4v) is 4.35. The molecule has 2 aliphatic heterocycles. The third-order valence-electron chi connectivity index (χ3n) is 3.74. The fraction of sp³-hybridized carbons (Fsp3) is 0.538. The van der Waals surface area contributed by atoms with Crippen molar-refractivity contribution in [2.45, 2.75) is 36.8 Å². The van der Waals surface area contributed by atoms with Gasteiger partial charge in [-0.05, 0) is 32.4 Å². The highest BCUT2D eigenvalue weighted by Crippen LogP contribution is 2.32. The van der Waals surface area contributed by atoms with E-state index in [-0.39, 0.29) is 6.04 Å². The largest absolute Gasteiger partial charge is 0.294 e. The van der Waals surface area contributed by atoms with Gasteiger partial charge < -0.3 is 0 Å². The minimum Gasteiger partial charge on any atom is -0.294 e. The average molecular weight is 282 g/mol. The zero-order chi connectivity index (χ0) is 13.7. The summed E-state index contributed by atoms with van der Waals surface area (Å²) in [5.74, 6) is 0. The lowest BCUT2D eigenvalue weighted by molar-refractivity contribution is -0.0408. The zero-order valence-corrected chi connectivity index (χ0v) is 11.9. The van der Waals surface area contributed by atoms with Crippen molar-refractivity contribution in [1.82, 2.24) is 9.79 Å². The van der Waals surface area contributed by atoms with Crippen LogP contribution in [0, 0.1) is 6.92 Å². The van der Waals surface area contributed by atoms with E-state index in [0.717, 1.165) is 12.0 Å². The van der Waals surface area contributed by atoms with E-state index in [4.69, 9.17) is 4.84 Å². The summed E-state index contributed by atoms with van der Waals surface area (Å²) in [7, 11) is -3.43. The molecular weight excluding hydrogens is 264 g/mol. The van der Waals surface area contributed by atoms with E-state index >= 15 is 0 Å². The predicted octanol–water partition coefficient (Wildman–Crippen LogP) is 1.05. The Bertz CT molecular complexity index is 584. The molecule has 1 aromatic carbocycles. The third-order valence-corrected chi connectivity index (χ3v) is 5.57. The maximum absolute atomic E-state index is 12.6. The van der Waals surface area contributed by atoms with Crippen LogP contribution in [0.2, 0.25) is 0 Å². The SMILES string of the molecule is Cc1ccc(S(=O)(=O)N2C[C@H]3C[C@@](C)(C2)ON3)cc1. The minimum atomic E-state index is -3.43. The van der Waals surface area contributed by atoms with Crippen LogP contribution < -0.4 is 5.48 Å². The molecule has 0 aliphatic carbocycles. The van der Waals surface area contributed by atoms with Crippen LogP contribution in [-0.4, -0.2) is 37.5 Å². The van der Waals surface area contributed by atoms with E-state index < -0.39 is 15.6 Å². The summed E-state index contributed by atoms with van der Waals surface area (Å²) in [5, 5.41) is 0. The van der Waals surface area contributed by atoms with Crippen LogP contribution in [0.5, 0.6) is 0 Å². The number of sulfonamides is 1. The first-order valence-corrected chi connectivity index (χ1v) is 7.83. The maximum Gasteiger partial charge on any atom is 0.243 e. The molecule has 2 saturated heterocycles. The van der Waals surface area contributed by atoms with Crippen molar-refractivity contribution in [2.75, 3.05) is 13.1 Å². The van der Waals surface area contributed by atoms with Crippen LogP contribution in [0.3, 0.4) is 0 Å². The molecule has 2 bridgehead atoms. The van der Waals surface area contributed by atoms with Gasteiger partial charge in [-0.25, -0.2) is 8.42 Å². The lowest BCUT2D eigenvalue weighted by atomic mass is 9.95. The number of fused-ring (bicyclic) bond motifs is 2. The van der Waals surface area contributed by atoms with E-state index in [0.29, 0.717) is 18.0 Å². The minimum absolute atomic E-state index is 0.0824. The Morgan fingerprint density at radius 2 is 2.05 bits per heavy atom. The molecule has 0 radical (unpaired) electrons. The maximum atomic E-state index is 12.6. The zero-order valence-electron chi connectivity index (χ0n) is 11.1. The van der Waals surface area contributed by atoms with E-state index in [1.54, 1.807) is 12.1 Å². The number of piperidine rings is 1. The van der Waals surface area contributed by atoms with Crippen molar-refractivity contribution in [3.8, 4) is 0 Å². The summed E-state index contributed by atoms with van der Waals surface area (Å²) >= 11 is 0. The van der Waals surface area contributed by atoms with Gasteiger partial charge in [0, 0.05) is 19.1 Å². The first-order chi connectivity index (χ1) is 8.89. The number of nitrogens with one attached hydrogen (secondary N) is 1. The first kappa shape index (κ1) is 13.1. The second-order valence-electron chi connectivity index (χ2n) is 5.68. The molecule has 1 N–H and O–H groups in total. The highest BCUT2D eigenvalue weighted by atomic mass is 32.2. The lowest BCUT2D eigenvalue weighted by Gasteiger charge is -2.34. The van der Waals surface area contributed by atoms with Gasteiger partial charge in [0.25, 0.3) is 0 Å². The van der Waals surface area contributed by atoms with Crippen molar-refractivity contribution in [1.29, 1.82) is 0 Å². The van der Waals surface area contributed by atoms with Crippen LogP contribution >= 0.6 is 0 Å². The summed E-state index contributed by atoms with van der Waals surface area (Å²) in [6, 6.07) is 7.05. The quantitative estimate of drug-likeness (QED) is 0.881. The Labute approximate surface area is 113 Å². The molecule has 3 rings (SSSR count). The Balaban J connectivity index is 1.91. The number of aryl methyl sites for hydroxylation is 1. The number of nitrogens with zero attached hydrogens (tertiary/aromatic N) is 1. The molecule has 2 fully saturated rings. The standard InChI is InChI=1S/C13H18N2O3S/c1-10-3-5-12(6-4-10)19(16,17)15-8-11-7-13(2,9-15)18-14-11/h3-6,11,14H,7-9H2,1-2H3/t11-,13+/m1/s1. The van der Waals surface area contributed by atoms with Crippen molar-refractivity contribution >= 4 is 10.0 Å². The van der Waals surface area contributed by atoms with Gasteiger partial charge >= 0.3 is 0 Å². The molecular formula is C13H18N2O3S. The first-order valence-electron chi connectivity index (χ1n) is 6.39. The highest BCUT2D eigenvalue weighted by molar-refractivity contribution is 7.89. The second-order valence-corrected chi connectivity index (χ2v) is 7.62. The molecule has 0 amide bonds. The molecule has 104 valence electrons. The van der Waals surface area contributed by atoms with Crippen LogP contribution in [0.1, 0.15) is 18.9 Å². The highest BCUT2D eigenvalue weighted by Gasteiger charge is 2.46. The molecule has 1 aromatic rings. The summed E-state index contributed by atoms with van der Waals surface area (Å²) in [6.07, 6.45) is 0.854. The second kappa shape index (κ2) is 4.28. The normalized spacial score (nSPS) is 31.6. The van der Waals surface area contributed by atoms with Gasteiger partial charge in [-0.15, -0.1) is 0 Å². The van der Waals surface area contributed by atoms with E-state index in [2.05, 4.69) is 5.48 Å². The van der Waals surface area contributed by atoms with Gasteiger partial charge in [0.05, 0.1) is 4.90 Å². The lowest BCUT2D eigenvalue weighted by Crippen LogP contribution is -2.50. The van der Waals surface area contributed by atoms with E-state index in [9.17, 15) is 8.42 Å². The molecule has 0 aromatic heterocycles. The number of rotatable bonds is 2. The predicted molar refractivity (Wildman–Crippen MR) is 71.0 cm³/mol. The molecule has 2 heterocycles. The van der Waals surface area contributed by atoms with Gasteiger partial charge in [0.15, 0.2) is 0 Å². The summed E-state index contributed by atoms with van der Waals surface area (Å²) in [6.45, 7) is 4.74. The molecule has 0 saturated carbocycles. The van der Waals surface area contributed by atoms with Crippen molar-refractivity contribution < 1.29 is 13.3 Å². The Morgan fingerprint density at radius 1 is 1.37 bits per heavy atom. The smallest absolute Gasteiger partial charge is 0.243 e. The topological polar surface area (TPSA) is 58.6 Å². The van der Waals surface area contributed by atoms with Crippen molar-refractivity contribution in [3.63, 3.8) is 0 Å². The summed E-state index contributed by atoms with van der Waals surface area (Å²) < 4.78 is 26.7. The Morgan fingerprint density at radius 3 is 2.68 bits per heavy atom. The van der Waals surface area contributed by atoms with Crippen LogP contribution in [0.4, 0.5) is 0 Å². The van der Waals surface area contributed by atoms with Gasteiger partial charge in [0.2, 0.25) is 10.0 Å². The average Bonchev–Trinajstić information content (AvgIpc) is 2.63. The molecule has 19 heavy (non-hydrogen) atoms. The molecule has 0 spiro atoms. The third kappa shape index (κ3) is 2.29. The number of benzene rings is 1. The molecule has 5 nitrogen and oxygen atoms in total. The fourth-order valence-electron chi connectivity index (χ4n) is 2.75. The van der Waals surface area contributed by atoms with Crippen LogP contribution in [-0.2, 0) is 14.9 Å². The van der Waals surface area contributed by atoms with Crippen molar-refractivity contribution in [2.24, 2.45) is 0 Å². The van der Waals surface area contributed by atoms with Crippen LogP contribution in [0.15, 0.2) is 29.2 Å². The number of hydroxylamine groups is 1. The number of hydrogen-bond acceptors (Lipinski definition) is 4. The summed E-state index contributed by atoms with van der Waals surface area (Å²) in [5.41, 5.74) is 3.55. The van der Waals surface area contributed by atoms with Gasteiger partial charge in [-0.3, -0.25) is 4.84 Å². The summed E-state index contributed by atoms with van der Waals surface area (Å²) in [4.78, 5) is 5.84. The molecule has 0 unspecified atom stereocenters. The van der Waals surface area contributed by atoms with Gasteiger partial charge in [-0.1, -0.05) is 17.7 Å². The van der Waals surface area contributed by atoms with E-state index in [1.165, 1.54) is 4.31 Å². The van der Waals surface area contributed by atoms with E-state index in [1.807, 2.05) is 26.0 Å². The monoisotopic (exact) mass is 282 g/mol. The molecule has 2 aliphatic rings. The molecule has 2 atom stereocenters. The van der Waals surface area contributed by atoms with Crippen LogP contribution in [0.25, 0.3) is 0 Å².